The van der Waals surface area contributed by atoms with Crippen LogP contribution in [0.15, 0.2) is 17.2 Å². The van der Waals surface area contributed by atoms with Crippen LogP contribution < -0.4 is 0 Å². The normalized spacial score (nSPS) is 11.5. The number of rotatable bonds is 4. The average Bonchev–Trinajstić information content (AvgIpc) is 2.29. The molecule has 17 heavy (non-hydrogen) atoms. The van der Waals surface area contributed by atoms with Gasteiger partial charge in [0.1, 0.15) is 10.0 Å². The van der Waals surface area contributed by atoms with E-state index in [1.54, 1.807) is 6.92 Å². The minimum atomic E-state index is -3.67. The van der Waals surface area contributed by atoms with Crippen LogP contribution in [-0.2, 0) is 10.0 Å². The Morgan fingerprint density at radius 3 is 2.65 bits per heavy atom. The van der Waals surface area contributed by atoms with Gasteiger partial charge in [0.05, 0.1) is 11.6 Å². The number of hydrogen-bond acceptors (Lipinski definition) is 3. The highest BCUT2D eigenvalue weighted by molar-refractivity contribution is 7.89. The summed E-state index contributed by atoms with van der Waals surface area (Å²) < 4.78 is 25.4. The zero-order valence-electron chi connectivity index (χ0n) is 9.02. The maximum Gasteiger partial charge on any atom is 0.245 e. The molecule has 1 aromatic rings. The fraction of sp³-hybridized carbons (Fsp3) is 0.300. The van der Waals surface area contributed by atoms with E-state index in [2.05, 4.69) is 10.9 Å². The van der Waals surface area contributed by atoms with E-state index in [1.807, 2.05) is 0 Å². The minimum absolute atomic E-state index is 0.000914. The molecule has 0 fully saturated rings. The van der Waals surface area contributed by atoms with Crippen molar-refractivity contribution in [2.45, 2.75) is 11.8 Å². The van der Waals surface area contributed by atoms with Crippen LogP contribution in [0.3, 0.4) is 0 Å². The molecule has 0 saturated carbocycles. The minimum Gasteiger partial charge on any atom is -0.242 e. The van der Waals surface area contributed by atoms with Crippen LogP contribution in [0.5, 0.6) is 0 Å². The maximum atomic E-state index is 12.1. The van der Waals surface area contributed by atoms with Crippen molar-refractivity contribution in [1.29, 1.82) is 0 Å². The lowest BCUT2D eigenvalue weighted by Gasteiger charge is -2.17. The molecule has 92 valence electrons. The van der Waals surface area contributed by atoms with Gasteiger partial charge in [-0.3, -0.25) is 0 Å². The number of aromatic nitrogens is 1. The highest BCUT2D eigenvalue weighted by atomic mass is 35.5. The Morgan fingerprint density at radius 1 is 1.53 bits per heavy atom. The Balaban J connectivity index is 3.21. The molecule has 1 heterocycles. The van der Waals surface area contributed by atoms with Gasteiger partial charge in [0.25, 0.3) is 0 Å². The van der Waals surface area contributed by atoms with Crippen molar-refractivity contribution in [2.24, 2.45) is 0 Å². The molecule has 0 aliphatic carbocycles. The standard InChI is InChI=1S/C10H10Cl2N2O2S/c1-3-5-14(4-2)17(15,16)8-6-9(11)10(12)13-7-8/h1,6-7H,4-5H2,2H3. The molecule has 0 spiro atoms. The number of hydrogen-bond donors (Lipinski definition) is 0. The molecule has 0 aliphatic rings. The van der Waals surface area contributed by atoms with Crippen molar-refractivity contribution in [3.63, 3.8) is 0 Å². The Hall–Kier alpha value is -0.800. The highest BCUT2D eigenvalue weighted by Gasteiger charge is 2.23. The van der Waals surface area contributed by atoms with Crippen LogP contribution in [0.4, 0.5) is 0 Å². The summed E-state index contributed by atoms with van der Waals surface area (Å²) in [6.45, 7) is 1.96. The largest absolute Gasteiger partial charge is 0.245 e. The lowest BCUT2D eigenvalue weighted by atomic mass is 10.5. The molecule has 7 heteroatoms. The summed E-state index contributed by atoms with van der Waals surface area (Å²) in [6, 6.07) is 1.26. The molecule has 0 saturated heterocycles. The average molecular weight is 293 g/mol. The van der Waals surface area contributed by atoms with Crippen LogP contribution in [-0.4, -0.2) is 30.8 Å². The second-order valence-corrected chi connectivity index (χ2v) is 5.78. The van der Waals surface area contributed by atoms with Crippen LogP contribution in [0.25, 0.3) is 0 Å². The molecule has 0 N–H and O–H groups in total. The highest BCUT2D eigenvalue weighted by Crippen LogP contribution is 2.23. The van der Waals surface area contributed by atoms with Crippen LogP contribution in [0, 0.1) is 12.3 Å². The predicted molar refractivity (Wildman–Crippen MR) is 67.5 cm³/mol. The van der Waals surface area contributed by atoms with Crippen molar-refractivity contribution in [3.8, 4) is 12.3 Å². The Bertz CT molecular complexity index is 552. The van der Waals surface area contributed by atoms with Crippen molar-refractivity contribution >= 4 is 33.2 Å². The molecular formula is C10H10Cl2N2O2S. The second-order valence-electron chi connectivity index (χ2n) is 3.08. The zero-order valence-corrected chi connectivity index (χ0v) is 11.3. The molecule has 1 aromatic heterocycles. The van der Waals surface area contributed by atoms with E-state index in [9.17, 15) is 8.42 Å². The summed E-state index contributed by atoms with van der Waals surface area (Å²) >= 11 is 11.3. The van der Waals surface area contributed by atoms with E-state index in [0.29, 0.717) is 0 Å². The fourth-order valence-electron chi connectivity index (χ4n) is 1.16. The Morgan fingerprint density at radius 2 is 2.18 bits per heavy atom. The van der Waals surface area contributed by atoms with E-state index >= 15 is 0 Å². The topological polar surface area (TPSA) is 50.3 Å². The van der Waals surface area contributed by atoms with E-state index in [0.717, 1.165) is 10.5 Å². The van der Waals surface area contributed by atoms with Crippen molar-refractivity contribution < 1.29 is 8.42 Å². The molecule has 0 bridgehead atoms. The van der Waals surface area contributed by atoms with Gasteiger partial charge in [-0.15, -0.1) is 6.42 Å². The van der Waals surface area contributed by atoms with Gasteiger partial charge in [-0.25, -0.2) is 13.4 Å². The van der Waals surface area contributed by atoms with Gasteiger partial charge in [-0.2, -0.15) is 4.31 Å². The molecule has 0 unspecified atom stereocenters. The van der Waals surface area contributed by atoms with Crippen molar-refractivity contribution in [1.82, 2.24) is 9.29 Å². The molecule has 0 aliphatic heterocycles. The van der Waals surface area contributed by atoms with Crippen molar-refractivity contribution in [2.75, 3.05) is 13.1 Å². The zero-order chi connectivity index (χ0) is 13.1. The van der Waals surface area contributed by atoms with Crippen molar-refractivity contribution in [3.05, 3.63) is 22.4 Å². The lowest BCUT2D eigenvalue weighted by molar-refractivity contribution is 0.464. The summed E-state index contributed by atoms with van der Waals surface area (Å²) in [7, 11) is -3.67. The van der Waals surface area contributed by atoms with Gasteiger partial charge in [-0.05, 0) is 6.07 Å². The number of terminal acetylenes is 1. The van der Waals surface area contributed by atoms with E-state index in [1.165, 1.54) is 6.07 Å². The number of nitrogens with zero attached hydrogens (tertiary/aromatic N) is 2. The summed E-state index contributed by atoms with van der Waals surface area (Å²) in [5.74, 6) is 2.29. The number of sulfonamides is 1. The third-order valence-electron chi connectivity index (χ3n) is 2.03. The molecule has 0 amide bonds. The van der Waals surface area contributed by atoms with Crippen LogP contribution in [0.1, 0.15) is 6.92 Å². The third kappa shape index (κ3) is 3.11. The smallest absolute Gasteiger partial charge is 0.242 e. The summed E-state index contributed by atoms with van der Waals surface area (Å²) in [6.07, 6.45) is 6.27. The summed E-state index contributed by atoms with van der Waals surface area (Å²) in [5.41, 5.74) is 0. The first-order chi connectivity index (χ1) is 7.93. The molecule has 1 rings (SSSR count). The third-order valence-corrected chi connectivity index (χ3v) is 4.60. The number of pyridine rings is 1. The lowest BCUT2D eigenvalue weighted by Crippen LogP contribution is -2.31. The van der Waals surface area contributed by atoms with E-state index in [-0.39, 0.29) is 28.2 Å². The first kappa shape index (κ1) is 14.3. The summed E-state index contributed by atoms with van der Waals surface area (Å²) in [5, 5.41) is 0.148. The molecule has 4 nitrogen and oxygen atoms in total. The quantitative estimate of drug-likeness (QED) is 0.630. The van der Waals surface area contributed by atoms with Gasteiger partial charge in [-0.1, -0.05) is 36.0 Å². The second kappa shape index (κ2) is 5.69. The van der Waals surface area contributed by atoms with E-state index < -0.39 is 10.0 Å². The van der Waals surface area contributed by atoms with Crippen LogP contribution >= 0.6 is 23.2 Å². The van der Waals surface area contributed by atoms with Crippen LogP contribution in [0.2, 0.25) is 10.2 Å². The van der Waals surface area contributed by atoms with Gasteiger partial charge in [0.2, 0.25) is 10.0 Å². The Kier molecular flexibility index (Phi) is 4.78. The van der Waals surface area contributed by atoms with Gasteiger partial charge in [0, 0.05) is 12.7 Å². The first-order valence-corrected chi connectivity index (χ1v) is 6.87. The molecule has 0 aromatic carbocycles. The monoisotopic (exact) mass is 292 g/mol. The first-order valence-electron chi connectivity index (χ1n) is 4.68. The molecule has 0 radical (unpaired) electrons. The van der Waals surface area contributed by atoms with E-state index in [4.69, 9.17) is 29.6 Å². The number of halogens is 2. The molecular weight excluding hydrogens is 283 g/mol. The Labute approximate surface area is 111 Å². The van der Waals surface area contributed by atoms with Gasteiger partial charge >= 0.3 is 0 Å². The SMILES string of the molecule is C#CCN(CC)S(=O)(=O)c1cnc(Cl)c(Cl)c1. The maximum absolute atomic E-state index is 12.1. The summed E-state index contributed by atoms with van der Waals surface area (Å²) in [4.78, 5) is 3.67. The van der Waals surface area contributed by atoms with Gasteiger partial charge in [0.15, 0.2) is 0 Å². The molecule has 0 atom stereocenters. The predicted octanol–water partition coefficient (Wildman–Crippen LogP) is 2.03. The fourth-order valence-corrected chi connectivity index (χ4v) is 2.83. The van der Waals surface area contributed by atoms with Gasteiger partial charge < -0.3 is 0 Å².